The van der Waals surface area contributed by atoms with Crippen LogP contribution in [0.5, 0.6) is 0 Å². The topological polar surface area (TPSA) is 29.5 Å². The number of hydrogen-bond donors (Lipinski definition) is 0. The average Bonchev–Trinajstić information content (AvgIpc) is 2.99. The summed E-state index contributed by atoms with van der Waals surface area (Å²) in [6.45, 7) is 0.928. The summed E-state index contributed by atoms with van der Waals surface area (Å²) in [7, 11) is 0. The first-order chi connectivity index (χ1) is 15.5. The Hall–Kier alpha value is -2.44. The number of halogens is 10. The van der Waals surface area contributed by atoms with Crippen LogP contribution in [0.2, 0.25) is 0 Å². The number of alkyl halides is 10. The standard InChI is InChI=1S/C21H15BrF9NO2/c1-10-17(12-4-15(20(26,27)28)7-16(5-12)21(29,30)31)34-18(33)32(10)9-13-6-14(19(23,24)25)3-2-11(13)8-22/h2-7,10,17H,8-9H2,1H3/t10-,17-/m0/s1. The van der Waals surface area contributed by atoms with Gasteiger partial charge in [0.1, 0.15) is 6.10 Å². The largest absolute Gasteiger partial charge is 0.439 e. The van der Waals surface area contributed by atoms with E-state index in [1.54, 1.807) is 0 Å². The number of carbonyl (C=O) groups excluding carboxylic acids is 1. The molecule has 1 aliphatic heterocycles. The maximum absolute atomic E-state index is 13.2. The third kappa shape index (κ3) is 5.44. The summed E-state index contributed by atoms with van der Waals surface area (Å²) < 4.78 is 124. The molecule has 2 aromatic carbocycles. The van der Waals surface area contributed by atoms with E-state index in [1.807, 2.05) is 0 Å². The second-order valence-electron chi connectivity index (χ2n) is 7.63. The molecule has 0 N–H and O–H groups in total. The van der Waals surface area contributed by atoms with Crippen molar-refractivity contribution >= 4 is 22.0 Å². The Morgan fingerprint density at radius 3 is 1.82 bits per heavy atom. The normalized spacial score (nSPS) is 19.5. The van der Waals surface area contributed by atoms with Gasteiger partial charge in [0, 0.05) is 11.9 Å². The van der Waals surface area contributed by atoms with E-state index < -0.39 is 65.6 Å². The molecule has 0 aliphatic carbocycles. The molecule has 1 heterocycles. The molecule has 34 heavy (non-hydrogen) atoms. The van der Waals surface area contributed by atoms with Crippen molar-refractivity contribution in [1.29, 1.82) is 0 Å². The van der Waals surface area contributed by atoms with Crippen LogP contribution in [-0.4, -0.2) is 17.0 Å². The fourth-order valence-corrected chi connectivity index (χ4v) is 4.11. The van der Waals surface area contributed by atoms with E-state index in [2.05, 4.69) is 15.9 Å². The minimum Gasteiger partial charge on any atom is -0.439 e. The predicted octanol–water partition coefficient (Wildman–Crippen LogP) is 7.72. The van der Waals surface area contributed by atoms with Crippen molar-refractivity contribution in [2.24, 2.45) is 0 Å². The predicted molar refractivity (Wildman–Crippen MR) is 105 cm³/mol. The van der Waals surface area contributed by atoms with Gasteiger partial charge in [-0.2, -0.15) is 39.5 Å². The third-order valence-electron chi connectivity index (χ3n) is 5.35. The molecule has 3 nitrogen and oxygen atoms in total. The van der Waals surface area contributed by atoms with Gasteiger partial charge in [-0.05, 0) is 53.9 Å². The Morgan fingerprint density at radius 1 is 0.824 bits per heavy atom. The minimum atomic E-state index is -5.09. The first-order valence-corrected chi connectivity index (χ1v) is 10.7. The molecule has 1 aliphatic rings. The Balaban J connectivity index is 1.98. The highest BCUT2D eigenvalue weighted by molar-refractivity contribution is 9.08. The summed E-state index contributed by atoms with van der Waals surface area (Å²) in [4.78, 5) is 13.4. The second-order valence-corrected chi connectivity index (χ2v) is 8.19. The molecule has 1 saturated heterocycles. The van der Waals surface area contributed by atoms with Gasteiger partial charge < -0.3 is 4.74 Å². The van der Waals surface area contributed by atoms with Gasteiger partial charge in [0.2, 0.25) is 0 Å². The molecule has 2 aromatic rings. The SMILES string of the molecule is C[C@H]1[C@@H](c2cc(C(F)(F)F)cc(C(F)(F)F)c2)OC(=O)N1Cc1cc(C(F)(F)F)ccc1CBr. The van der Waals surface area contributed by atoms with Gasteiger partial charge in [-0.25, -0.2) is 4.79 Å². The lowest BCUT2D eigenvalue weighted by atomic mass is 9.97. The van der Waals surface area contributed by atoms with Gasteiger partial charge in [0.25, 0.3) is 0 Å². The number of ether oxygens (including phenoxy) is 1. The number of benzene rings is 2. The van der Waals surface area contributed by atoms with Gasteiger partial charge in [-0.15, -0.1) is 0 Å². The summed E-state index contributed by atoms with van der Waals surface area (Å²) in [5.74, 6) is 0. The van der Waals surface area contributed by atoms with E-state index in [0.29, 0.717) is 17.7 Å². The summed E-state index contributed by atoms with van der Waals surface area (Å²) >= 11 is 3.14. The van der Waals surface area contributed by atoms with Crippen LogP contribution in [-0.2, 0) is 35.1 Å². The van der Waals surface area contributed by atoms with E-state index in [4.69, 9.17) is 4.74 Å². The first kappa shape index (κ1) is 26.2. The number of cyclic esters (lactones) is 1. The molecular weight excluding hydrogens is 549 g/mol. The van der Waals surface area contributed by atoms with Gasteiger partial charge in [0.05, 0.1) is 22.7 Å². The summed E-state index contributed by atoms with van der Waals surface area (Å²) in [5.41, 5.74) is -4.14. The quantitative estimate of drug-likeness (QED) is 0.281. The highest BCUT2D eigenvalue weighted by Gasteiger charge is 2.43. The van der Waals surface area contributed by atoms with Crippen LogP contribution in [0.25, 0.3) is 0 Å². The first-order valence-electron chi connectivity index (χ1n) is 9.54. The zero-order chi connectivity index (χ0) is 25.6. The van der Waals surface area contributed by atoms with Crippen LogP contribution in [0.1, 0.15) is 46.4 Å². The molecule has 186 valence electrons. The molecule has 0 spiro atoms. The zero-order valence-electron chi connectivity index (χ0n) is 17.1. The van der Waals surface area contributed by atoms with Crippen molar-refractivity contribution in [3.63, 3.8) is 0 Å². The maximum Gasteiger partial charge on any atom is 0.416 e. The monoisotopic (exact) mass is 563 g/mol. The molecule has 0 unspecified atom stereocenters. The Labute approximate surface area is 195 Å². The summed E-state index contributed by atoms with van der Waals surface area (Å²) in [6, 6.07) is 2.69. The maximum atomic E-state index is 13.2. The molecule has 1 fully saturated rings. The zero-order valence-corrected chi connectivity index (χ0v) is 18.7. The van der Waals surface area contributed by atoms with Crippen molar-refractivity contribution in [3.8, 4) is 0 Å². The van der Waals surface area contributed by atoms with Crippen LogP contribution in [0, 0.1) is 0 Å². The molecule has 0 saturated carbocycles. The van der Waals surface area contributed by atoms with E-state index in [1.165, 1.54) is 13.0 Å². The number of hydrogen-bond acceptors (Lipinski definition) is 2. The van der Waals surface area contributed by atoms with Crippen LogP contribution < -0.4 is 0 Å². The van der Waals surface area contributed by atoms with Gasteiger partial charge in [0.15, 0.2) is 0 Å². The molecule has 0 radical (unpaired) electrons. The van der Waals surface area contributed by atoms with Gasteiger partial charge >= 0.3 is 24.6 Å². The number of rotatable bonds is 4. The highest BCUT2D eigenvalue weighted by Crippen LogP contribution is 2.41. The molecule has 1 amide bonds. The van der Waals surface area contributed by atoms with Crippen LogP contribution in [0.4, 0.5) is 44.3 Å². The Morgan fingerprint density at radius 2 is 1.35 bits per heavy atom. The Kier molecular flexibility index (Phi) is 6.90. The van der Waals surface area contributed by atoms with Crippen molar-refractivity contribution in [2.75, 3.05) is 0 Å². The fourth-order valence-electron chi connectivity index (χ4n) is 3.57. The average molecular weight is 564 g/mol. The lowest BCUT2D eigenvalue weighted by molar-refractivity contribution is -0.143. The van der Waals surface area contributed by atoms with Crippen molar-refractivity contribution in [1.82, 2.24) is 4.90 Å². The van der Waals surface area contributed by atoms with E-state index in [0.717, 1.165) is 17.0 Å². The van der Waals surface area contributed by atoms with Crippen molar-refractivity contribution in [3.05, 3.63) is 69.8 Å². The van der Waals surface area contributed by atoms with Crippen LogP contribution in [0.3, 0.4) is 0 Å². The fraction of sp³-hybridized carbons (Fsp3) is 0.381. The number of amides is 1. The highest BCUT2D eigenvalue weighted by atomic mass is 79.9. The lowest BCUT2D eigenvalue weighted by Gasteiger charge is -2.23. The van der Waals surface area contributed by atoms with E-state index in [-0.39, 0.29) is 17.0 Å². The summed E-state index contributed by atoms with van der Waals surface area (Å²) in [6.07, 6.45) is -17.4. The van der Waals surface area contributed by atoms with Gasteiger partial charge in [-0.1, -0.05) is 22.0 Å². The molecule has 3 rings (SSSR count). The Bertz CT molecular complexity index is 1050. The smallest absolute Gasteiger partial charge is 0.416 e. The van der Waals surface area contributed by atoms with Crippen molar-refractivity contribution < 1.29 is 49.0 Å². The summed E-state index contributed by atoms with van der Waals surface area (Å²) in [5, 5.41) is 0.143. The lowest BCUT2D eigenvalue weighted by Crippen LogP contribution is -2.32. The third-order valence-corrected chi connectivity index (χ3v) is 5.95. The molecular formula is C21H15BrF9NO2. The van der Waals surface area contributed by atoms with Gasteiger partial charge in [-0.3, -0.25) is 4.90 Å². The number of carbonyl (C=O) groups is 1. The van der Waals surface area contributed by atoms with E-state index >= 15 is 0 Å². The number of nitrogens with zero attached hydrogens (tertiary/aromatic N) is 1. The molecule has 0 bridgehead atoms. The second kappa shape index (κ2) is 8.97. The van der Waals surface area contributed by atoms with Crippen LogP contribution >= 0.6 is 15.9 Å². The molecule has 13 heteroatoms. The minimum absolute atomic E-state index is 0.0480. The van der Waals surface area contributed by atoms with E-state index in [9.17, 15) is 44.3 Å². The molecule has 0 aromatic heterocycles. The molecule has 2 atom stereocenters. The van der Waals surface area contributed by atoms with Crippen LogP contribution in [0.15, 0.2) is 36.4 Å². The van der Waals surface area contributed by atoms with Crippen molar-refractivity contribution in [2.45, 2.75) is 49.5 Å².